The second-order valence-corrected chi connectivity index (χ2v) is 10.7. The van der Waals surface area contributed by atoms with E-state index < -0.39 is 23.5 Å². The van der Waals surface area contributed by atoms with Crippen LogP contribution in [0.25, 0.3) is 11.1 Å². The van der Waals surface area contributed by atoms with Crippen molar-refractivity contribution in [1.29, 1.82) is 0 Å². The number of hydrogen-bond acceptors (Lipinski definition) is 4. The van der Waals surface area contributed by atoms with Crippen LogP contribution in [-0.2, 0) is 14.3 Å². The molecule has 5 rings (SSSR count). The van der Waals surface area contributed by atoms with Crippen LogP contribution in [0.1, 0.15) is 37.8 Å². The molecule has 1 saturated heterocycles. The van der Waals surface area contributed by atoms with Crippen LogP contribution in [0.15, 0.2) is 48.5 Å². The average molecular weight is 463 g/mol. The summed E-state index contributed by atoms with van der Waals surface area (Å²) in [5, 5.41) is 12.0. The summed E-state index contributed by atoms with van der Waals surface area (Å²) in [6, 6.07) is 15.5. The number of carbonyl (C=O) groups is 3. The van der Waals surface area contributed by atoms with Gasteiger partial charge in [-0.1, -0.05) is 69.3 Å². The van der Waals surface area contributed by atoms with Gasteiger partial charge in [0.25, 0.3) is 0 Å². The maximum absolute atomic E-state index is 13.3. The Bertz CT molecular complexity index is 1100. The smallest absolute Gasteiger partial charge is 0.407 e. The number of likely N-dealkylation sites (tertiary alicyclic amines) is 1. The van der Waals surface area contributed by atoms with Crippen molar-refractivity contribution in [2.24, 2.45) is 23.2 Å². The summed E-state index contributed by atoms with van der Waals surface area (Å²) in [6.07, 6.45) is -0.622. The van der Waals surface area contributed by atoms with Gasteiger partial charge in [-0.2, -0.15) is 0 Å². The molecule has 34 heavy (non-hydrogen) atoms. The molecule has 3 aliphatic rings. The highest BCUT2D eigenvalue weighted by molar-refractivity contribution is 5.87. The van der Waals surface area contributed by atoms with E-state index in [-0.39, 0.29) is 36.2 Å². The van der Waals surface area contributed by atoms with Gasteiger partial charge >= 0.3 is 12.1 Å². The first kappa shape index (κ1) is 22.4. The summed E-state index contributed by atoms with van der Waals surface area (Å²) in [4.78, 5) is 39.0. The van der Waals surface area contributed by atoms with E-state index in [0.29, 0.717) is 13.1 Å². The van der Waals surface area contributed by atoms with E-state index in [1.807, 2.05) is 45.0 Å². The molecular weight excluding hydrogens is 432 g/mol. The van der Waals surface area contributed by atoms with E-state index in [0.717, 1.165) is 22.3 Å². The monoisotopic (exact) mass is 462 g/mol. The van der Waals surface area contributed by atoms with E-state index in [4.69, 9.17) is 4.74 Å². The number of nitrogens with zero attached hydrogens (tertiary/aromatic N) is 1. The molecule has 0 aromatic heterocycles. The van der Waals surface area contributed by atoms with E-state index in [1.54, 1.807) is 4.90 Å². The van der Waals surface area contributed by atoms with E-state index in [9.17, 15) is 19.5 Å². The van der Waals surface area contributed by atoms with Crippen LogP contribution in [0.4, 0.5) is 4.79 Å². The first-order valence-corrected chi connectivity index (χ1v) is 11.8. The van der Waals surface area contributed by atoms with Crippen molar-refractivity contribution in [2.45, 2.75) is 32.7 Å². The fourth-order valence-electron chi connectivity index (χ4n) is 5.66. The second kappa shape index (κ2) is 8.15. The van der Waals surface area contributed by atoms with Gasteiger partial charge in [-0.25, -0.2) is 4.79 Å². The number of aliphatic carboxylic acids is 1. The summed E-state index contributed by atoms with van der Waals surface area (Å²) in [7, 11) is 0. The molecule has 2 aromatic carbocycles. The highest BCUT2D eigenvalue weighted by Gasteiger charge is 2.61. The van der Waals surface area contributed by atoms with Crippen LogP contribution in [0.5, 0.6) is 0 Å². The third-order valence-corrected chi connectivity index (χ3v) is 7.51. The van der Waals surface area contributed by atoms with Crippen LogP contribution >= 0.6 is 0 Å². The lowest BCUT2D eigenvalue weighted by atomic mass is 9.86. The maximum Gasteiger partial charge on any atom is 0.407 e. The number of hydrogen-bond donors (Lipinski definition) is 2. The number of benzene rings is 2. The van der Waals surface area contributed by atoms with Gasteiger partial charge in [-0.05, 0) is 39.5 Å². The van der Waals surface area contributed by atoms with E-state index >= 15 is 0 Å². The maximum atomic E-state index is 13.3. The molecule has 2 fully saturated rings. The molecule has 1 heterocycles. The summed E-state index contributed by atoms with van der Waals surface area (Å²) in [5.41, 5.74) is 4.04. The molecular formula is C27H30N2O5. The summed E-state index contributed by atoms with van der Waals surface area (Å²) in [5.74, 6) is -1.32. The molecule has 7 heteroatoms. The highest BCUT2D eigenvalue weighted by Crippen LogP contribution is 2.52. The van der Waals surface area contributed by atoms with Crippen LogP contribution in [0.2, 0.25) is 0 Å². The zero-order chi connectivity index (χ0) is 24.2. The fraction of sp³-hybridized carbons (Fsp3) is 0.444. The zero-order valence-electron chi connectivity index (χ0n) is 19.7. The minimum absolute atomic E-state index is 0.0246. The molecule has 0 radical (unpaired) electrons. The molecule has 4 atom stereocenters. The molecule has 2 aliphatic carbocycles. The molecule has 1 saturated carbocycles. The van der Waals surface area contributed by atoms with Crippen molar-refractivity contribution in [3.05, 3.63) is 59.7 Å². The molecule has 0 spiro atoms. The molecule has 7 nitrogen and oxygen atoms in total. The lowest BCUT2D eigenvalue weighted by Crippen LogP contribution is -2.55. The molecule has 2 amide bonds. The minimum atomic E-state index is -0.786. The van der Waals surface area contributed by atoms with Crippen LogP contribution < -0.4 is 5.32 Å². The van der Waals surface area contributed by atoms with Crippen molar-refractivity contribution in [3.8, 4) is 11.1 Å². The molecule has 2 N–H and O–H groups in total. The standard InChI is InChI=1S/C27H30N2O5/c1-27(2,3)23(24(30)29-12-19-20(13-29)22(19)25(31)32)28-26(33)34-14-21-17-10-6-4-8-15(17)16-9-5-7-11-18(16)21/h4-11,19-23H,12-14H2,1-3H3,(H,28,33)(H,31,32)/t19-,20+,22?,23?. The number of carboxylic acid groups (broad SMARTS) is 1. The van der Waals surface area contributed by atoms with Gasteiger partial charge in [-0.15, -0.1) is 0 Å². The Labute approximate surface area is 199 Å². The average Bonchev–Trinajstić information content (AvgIpc) is 3.15. The predicted molar refractivity (Wildman–Crippen MR) is 126 cm³/mol. The number of carbonyl (C=O) groups excluding carboxylic acids is 2. The number of fused-ring (bicyclic) bond motifs is 4. The van der Waals surface area contributed by atoms with Crippen molar-refractivity contribution in [2.75, 3.05) is 19.7 Å². The molecule has 2 unspecified atom stereocenters. The van der Waals surface area contributed by atoms with E-state index in [2.05, 4.69) is 29.6 Å². The Morgan fingerprint density at radius 2 is 1.53 bits per heavy atom. The van der Waals surface area contributed by atoms with Crippen LogP contribution in [0, 0.1) is 23.2 Å². The molecule has 2 aromatic rings. The van der Waals surface area contributed by atoms with Gasteiger partial charge in [0.15, 0.2) is 0 Å². The Morgan fingerprint density at radius 3 is 2.03 bits per heavy atom. The third-order valence-electron chi connectivity index (χ3n) is 7.51. The molecule has 0 bridgehead atoms. The number of nitrogens with one attached hydrogen (secondary N) is 1. The van der Waals surface area contributed by atoms with Crippen molar-refractivity contribution >= 4 is 18.0 Å². The number of ether oxygens (including phenoxy) is 1. The lowest BCUT2D eigenvalue weighted by molar-refractivity contribution is -0.141. The normalized spacial score (nSPS) is 23.5. The van der Waals surface area contributed by atoms with Gasteiger partial charge in [0.1, 0.15) is 12.6 Å². The number of alkyl carbamates (subject to hydrolysis) is 1. The quantitative estimate of drug-likeness (QED) is 0.706. The number of rotatable bonds is 5. The van der Waals surface area contributed by atoms with Gasteiger partial charge in [0, 0.05) is 19.0 Å². The third kappa shape index (κ3) is 3.83. The Hall–Kier alpha value is -3.35. The van der Waals surface area contributed by atoms with Crippen LogP contribution in [0.3, 0.4) is 0 Å². The van der Waals surface area contributed by atoms with Crippen molar-refractivity contribution in [1.82, 2.24) is 10.2 Å². The topological polar surface area (TPSA) is 95.9 Å². The minimum Gasteiger partial charge on any atom is -0.481 e. The van der Waals surface area contributed by atoms with Gasteiger partial charge in [-0.3, -0.25) is 9.59 Å². The Balaban J connectivity index is 1.24. The van der Waals surface area contributed by atoms with Crippen molar-refractivity contribution < 1.29 is 24.2 Å². The second-order valence-electron chi connectivity index (χ2n) is 10.7. The fourth-order valence-corrected chi connectivity index (χ4v) is 5.66. The zero-order valence-corrected chi connectivity index (χ0v) is 19.7. The highest BCUT2D eigenvalue weighted by atomic mass is 16.5. The van der Waals surface area contributed by atoms with E-state index in [1.165, 1.54) is 0 Å². The lowest BCUT2D eigenvalue weighted by Gasteiger charge is -2.34. The van der Waals surface area contributed by atoms with Crippen molar-refractivity contribution in [3.63, 3.8) is 0 Å². The molecule has 1 aliphatic heterocycles. The van der Waals surface area contributed by atoms with Gasteiger partial charge in [0.05, 0.1) is 5.92 Å². The van der Waals surface area contributed by atoms with Gasteiger partial charge in [0.2, 0.25) is 5.91 Å². The Morgan fingerprint density at radius 1 is 1.00 bits per heavy atom. The first-order chi connectivity index (χ1) is 16.2. The molecule has 178 valence electrons. The number of piperidine rings is 1. The summed E-state index contributed by atoms with van der Waals surface area (Å²) >= 11 is 0. The van der Waals surface area contributed by atoms with Gasteiger partial charge < -0.3 is 20.1 Å². The first-order valence-electron chi connectivity index (χ1n) is 11.8. The predicted octanol–water partition coefficient (Wildman–Crippen LogP) is 3.73. The van der Waals surface area contributed by atoms with Crippen LogP contribution in [-0.4, -0.2) is 53.7 Å². The SMILES string of the molecule is CC(C)(C)C(NC(=O)OCC1c2ccccc2-c2ccccc21)C(=O)N1C[C@@H]2C(C(=O)O)[C@@H]2C1. The Kier molecular flexibility index (Phi) is 5.38. The summed E-state index contributed by atoms with van der Waals surface area (Å²) < 4.78 is 5.66. The largest absolute Gasteiger partial charge is 0.481 e. The summed E-state index contributed by atoms with van der Waals surface area (Å²) in [6.45, 7) is 6.74. The number of amides is 2. The number of carboxylic acids is 1.